The number of Topliss-reactive ketones (excluding diaryl/α,β-unsaturated/α-hetero) is 1. The summed E-state index contributed by atoms with van der Waals surface area (Å²) in [4.78, 5) is 42.9. The smallest absolute Gasteiger partial charge is 0.336 e. The van der Waals surface area contributed by atoms with E-state index in [-0.39, 0.29) is 19.0 Å². The second-order valence-electron chi connectivity index (χ2n) is 9.26. The number of thiophene rings is 1. The molecule has 0 fully saturated rings. The number of ether oxygens (including phenoxy) is 3. The van der Waals surface area contributed by atoms with Crippen LogP contribution >= 0.6 is 11.3 Å². The molecule has 0 unspecified atom stereocenters. The van der Waals surface area contributed by atoms with Gasteiger partial charge in [0.15, 0.2) is 5.78 Å². The van der Waals surface area contributed by atoms with Crippen LogP contribution in [-0.4, -0.2) is 38.0 Å². The van der Waals surface area contributed by atoms with Gasteiger partial charge in [-0.2, -0.15) is 0 Å². The van der Waals surface area contributed by atoms with E-state index in [1.807, 2.05) is 51.1 Å². The Labute approximate surface area is 221 Å². The van der Waals surface area contributed by atoms with E-state index < -0.39 is 29.7 Å². The summed E-state index contributed by atoms with van der Waals surface area (Å²) in [6.07, 6.45) is 0.407. The zero-order chi connectivity index (χ0) is 26.9. The first-order valence-corrected chi connectivity index (χ1v) is 13.3. The Bertz CT molecular complexity index is 1300. The molecule has 0 spiro atoms. The maximum Gasteiger partial charge on any atom is 0.336 e. The van der Waals surface area contributed by atoms with E-state index in [0.717, 1.165) is 26.6 Å². The van der Waals surface area contributed by atoms with Crippen molar-refractivity contribution in [2.75, 3.05) is 20.3 Å². The lowest BCUT2D eigenvalue weighted by atomic mass is 9.67. The van der Waals surface area contributed by atoms with E-state index in [1.165, 1.54) is 0 Å². The largest absolute Gasteiger partial charge is 0.497 e. The first-order chi connectivity index (χ1) is 17.7. The van der Waals surface area contributed by atoms with Gasteiger partial charge in [0.25, 0.3) is 0 Å². The van der Waals surface area contributed by atoms with E-state index in [2.05, 4.69) is 5.32 Å². The zero-order valence-electron chi connectivity index (χ0n) is 22.1. The van der Waals surface area contributed by atoms with Crippen LogP contribution in [0.4, 0.5) is 0 Å². The molecule has 0 saturated heterocycles. The zero-order valence-corrected chi connectivity index (χ0v) is 22.9. The number of dihydropyridines is 1. The minimum Gasteiger partial charge on any atom is -0.497 e. The van der Waals surface area contributed by atoms with Crippen LogP contribution in [0.2, 0.25) is 0 Å². The molecule has 1 aromatic heterocycles. The summed E-state index contributed by atoms with van der Waals surface area (Å²) in [5, 5.41) is 3.34. The number of rotatable bonds is 7. The summed E-state index contributed by atoms with van der Waals surface area (Å²) in [5.41, 5.74) is 3.91. The van der Waals surface area contributed by atoms with Gasteiger partial charge in [-0.05, 0) is 70.4 Å². The second-order valence-corrected chi connectivity index (χ2v) is 10.7. The third-order valence-electron chi connectivity index (χ3n) is 6.97. The first-order valence-electron chi connectivity index (χ1n) is 12.5. The molecule has 2 aromatic rings. The van der Waals surface area contributed by atoms with Gasteiger partial charge in [-0.3, -0.25) is 9.59 Å². The number of ketones is 1. The number of methoxy groups -OCH3 is 1. The molecular weight excluding hydrogens is 490 g/mol. The van der Waals surface area contributed by atoms with Crippen LogP contribution < -0.4 is 10.1 Å². The highest BCUT2D eigenvalue weighted by Crippen LogP contribution is 2.49. The minimum absolute atomic E-state index is 0.164. The second kappa shape index (κ2) is 10.9. The monoisotopic (exact) mass is 523 g/mol. The number of carbonyl (C=O) groups is 3. The molecule has 8 heteroatoms. The Morgan fingerprint density at radius 3 is 2.43 bits per heavy atom. The molecule has 1 aliphatic carbocycles. The molecule has 2 aliphatic rings. The SMILES string of the molecule is CCOC(=O)C1=C(C)NC2=C(C(=O)[C@@H](C(=O)OCC)[C@H](c3cccc(OC)c3)C2)[C@@H]1c1cc(C)sc1C. The van der Waals surface area contributed by atoms with Crippen molar-refractivity contribution in [2.45, 2.75) is 52.9 Å². The number of allylic oxidation sites excluding steroid dienone is 3. The van der Waals surface area contributed by atoms with Crippen LogP contribution in [0.15, 0.2) is 52.9 Å². The number of carbonyl (C=O) groups excluding carboxylic acids is 3. The molecule has 7 nitrogen and oxygen atoms in total. The van der Waals surface area contributed by atoms with E-state index in [4.69, 9.17) is 14.2 Å². The van der Waals surface area contributed by atoms with Gasteiger partial charge >= 0.3 is 11.9 Å². The molecule has 196 valence electrons. The lowest BCUT2D eigenvalue weighted by Crippen LogP contribution is -2.43. The Balaban J connectivity index is 1.91. The molecule has 0 saturated carbocycles. The van der Waals surface area contributed by atoms with Crippen LogP contribution in [0.5, 0.6) is 5.75 Å². The lowest BCUT2D eigenvalue weighted by molar-refractivity contribution is -0.152. The molecule has 3 atom stereocenters. The number of hydrogen-bond acceptors (Lipinski definition) is 8. The molecule has 2 heterocycles. The standard InChI is InChI=1S/C29H33NO6S/c1-7-35-28(32)23-16(4)30-22-14-21(18-10-9-11-19(13-18)34-6)25(29(33)36-8-2)27(31)26(22)24(23)20-12-15(3)37-17(20)5/h9-13,21,24-25,30H,7-8,14H2,1-6H3/t21-,24+,25-/m0/s1. The first kappa shape index (κ1) is 26.7. The Kier molecular flexibility index (Phi) is 7.87. The van der Waals surface area contributed by atoms with Gasteiger partial charge in [-0.1, -0.05) is 12.1 Å². The van der Waals surface area contributed by atoms with Crippen LogP contribution in [-0.2, 0) is 23.9 Å². The Morgan fingerprint density at radius 2 is 1.81 bits per heavy atom. The molecular formula is C29H33NO6S. The van der Waals surface area contributed by atoms with Gasteiger partial charge < -0.3 is 19.5 Å². The highest BCUT2D eigenvalue weighted by molar-refractivity contribution is 7.12. The number of benzene rings is 1. The van der Waals surface area contributed by atoms with Gasteiger partial charge in [0, 0.05) is 38.6 Å². The number of esters is 2. The summed E-state index contributed by atoms with van der Waals surface area (Å²) >= 11 is 1.61. The van der Waals surface area contributed by atoms with Gasteiger partial charge in [-0.25, -0.2) is 4.79 Å². The summed E-state index contributed by atoms with van der Waals surface area (Å²) in [6.45, 7) is 9.68. The number of nitrogens with one attached hydrogen (secondary N) is 1. The van der Waals surface area contributed by atoms with Gasteiger partial charge in [0.1, 0.15) is 11.7 Å². The molecule has 1 aliphatic heterocycles. The molecule has 1 aromatic carbocycles. The minimum atomic E-state index is -1.04. The average Bonchev–Trinajstić information content (AvgIpc) is 3.20. The fourth-order valence-corrected chi connectivity index (χ4v) is 6.41. The summed E-state index contributed by atoms with van der Waals surface area (Å²) in [7, 11) is 1.58. The van der Waals surface area contributed by atoms with Crippen LogP contribution in [0.1, 0.15) is 59.9 Å². The Morgan fingerprint density at radius 1 is 1.08 bits per heavy atom. The van der Waals surface area contributed by atoms with Crippen molar-refractivity contribution in [3.63, 3.8) is 0 Å². The highest BCUT2D eigenvalue weighted by Gasteiger charge is 2.49. The lowest BCUT2D eigenvalue weighted by Gasteiger charge is -2.39. The fraction of sp³-hybridized carbons (Fsp3) is 0.414. The van der Waals surface area contributed by atoms with E-state index in [0.29, 0.717) is 29.0 Å². The number of hydrogen-bond donors (Lipinski definition) is 1. The maximum atomic E-state index is 14.3. The summed E-state index contributed by atoms with van der Waals surface area (Å²) in [6, 6.07) is 9.46. The summed E-state index contributed by atoms with van der Waals surface area (Å²) < 4.78 is 16.2. The predicted molar refractivity (Wildman–Crippen MR) is 142 cm³/mol. The number of aryl methyl sites for hydroxylation is 2. The Hall–Kier alpha value is -3.39. The molecule has 4 rings (SSSR count). The van der Waals surface area contributed by atoms with Crippen molar-refractivity contribution in [1.82, 2.24) is 5.32 Å². The van der Waals surface area contributed by atoms with Crippen molar-refractivity contribution in [3.8, 4) is 5.75 Å². The van der Waals surface area contributed by atoms with Crippen LogP contribution in [0, 0.1) is 19.8 Å². The van der Waals surface area contributed by atoms with Crippen molar-refractivity contribution in [1.29, 1.82) is 0 Å². The predicted octanol–water partition coefficient (Wildman–Crippen LogP) is 5.09. The highest BCUT2D eigenvalue weighted by atomic mass is 32.1. The van der Waals surface area contributed by atoms with Crippen LogP contribution in [0.25, 0.3) is 0 Å². The van der Waals surface area contributed by atoms with Gasteiger partial charge in [0.05, 0.1) is 25.9 Å². The van der Waals surface area contributed by atoms with Crippen LogP contribution in [0.3, 0.4) is 0 Å². The summed E-state index contributed by atoms with van der Waals surface area (Å²) in [5.74, 6) is -2.84. The van der Waals surface area contributed by atoms with Crippen molar-refractivity contribution >= 4 is 29.1 Å². The third kappa shape index (κ3) is 4.94. The quantitative estimate of drug-likeness (QED) is 0.399. The van der Waals surface area contributed by atoms with E-state index in [1.54, 1.807) is 32.3 Å². The molecule has 0 bridgehead atoms. The average molecular weight is 524 g/mol. The molecule has 1 N–H and O–H groups in total. The third-order valence-corrected chi connectivity index (χ3v) is 7.95. The van der Waals surface area contributed by atoms with Crippen molar-refractivity contribution in [3.05, 3.63) is 73.8 Å². The van der Waals surface area contributed by atoms with E-state index >= 15 is 0 Å². The fourth-order valence-electron chi connectivity index (χ4n) is 5.45. The van der Waals surface area contributed by atoms with Gasteiger partial charge in [0.2, 0.25) is 0 Å². The van der Waals surface area contributed by atoms with Crippen molar-refractivity contribution in [2.24, 2.45) is 5.92 Å². The van der Waals surface area contributed by atoms with Crippen molar-refractivity contribution < 1.29 is 28.6 Å². The molecule has 0 radical (unpaired) electrons. The topological polar surface area (TPSA) is 90.9 Å². The normalized spacial score (nSPS) is 21.4. The van der Waals surface area contributed by atoms with E-state index in [9.17, 15) is 14.4 Å². The molecule has 0 amide bonds. The maximum absolute atomic E-state index is 14.3. The molecule has 37 heavy (non-hydrogen) atoms. The van der Waals surface area contributed by atoms with Gasteiger partial charge in [-0.15, -0.1) is 11.3 Å².